The zero-order chi connectivity index (χ0) is 14.7. The third-order valence-corrected chi connectivity index (χ3v) is 4.17. The van der Waals surface area contributed by atoms with Crippen molar-refractivity contribution in [1.82, 2.24) is 9.97 Å². The van der Waals surface area contributed by atoms with E-state index in [1.54, 1.807) is 0 Å². The summed E-state index contributed by atoms with van der Waals surface area (Å²) < 4.78 is 0. The lowest BCUT2D eigenvalue weighted by atomic mass is 10.1. The molecule has 2 aromatic heterocycles. The van der Waals surface area contributed by atoms with E-state index in [2.05, 4.69) is 35.1 Å². The molecule has 0 saturated heterocycles. The number of anilines is 1. The first-order valence-corrected chi connectivity index (χ1v) is 7.59. The number of rotatable bonds is 5. The van der Waals surface area contributed by atoms with Crippen molar-refractivity contribution in [2.75, 3.05) is 18.5 Å². The van der Waals surface area contributed by atoms with E-state index < -0.39 is 0 Å². The molecule has 21 heavy (non-hydrogen) atoms. The van der Waals surface area contributed by atoms with E-state index >= 15 is 0 Å². The number of nitrogens with two attached hydrogens (primary N) is 1. The highest BCUT2D eigenvalue weighted by atomic mass is 15.2. The highest BCUT2D eigenvalue weighted by molar-refractivity contribution is 5.50. The van der Waals surface area contributed by atoms with E-state index in [4.69, 9.17) is 10.7 Å². The van der Waals surface area contributed by atoms with E-state index in [0.717, 1.165) is 37.2 Å². The fourth-order valence-electron chi connectivity index (χ4n) is 2.94. The third-order valence-electron chi connectivity index (χ3n) is 4.17. The van der Waals surface area contributed by atoms with Gasteiger partial charge in [-0.15, -0.1) is 0 Å². The quantitative estimate of drug-likeness (QED) is 0.912. The van der Waals surface area contributed by atoms with Gasteiger partial charge in [0.05, 0.1) is 0 Å². The normalized spacial score (nSPS) is 13.2. The lowest BCUT2D eigenvalue weighted by Gasteiger charge is -2.22. The average molecular weight is 282 g/mol. The van der Waals surface area contributed by atoms with Gasteiger partial charge in [-0.3, -0.25) is 4.98 Å². The van der Waals surface area contributed by atoms with Gasteiger partial charge >= 0.3 is 0 Å². The topological polar surface area (TPSA) is 55.0 Å². The smallest absolute Gasteiger partial charge is 0.133 e. The summed E-state index contributed by atoms with van der Waals surface area (Å²) in [6.45, 7) is 1.48. The molecule has 4 heteroatoms. The Labute approximate surface area is 126 Å². The molecule has 1 aliphatic rings. The number of hydrogen-bond donors (Lipinski definition) is 1. The van der Waals surface area contributed by atoms with Crippen molar-refractivity contribution in [2.45, 2.75) is 32.2 Å². The van der Waals surface area contributed by atoms with Crippen LogP contribution >= 0.6 is 0 Å². The van der Waals surface area contributed by atoms with Crippen molar-refractivity contribution in [1.29, 1.82) is 0 Å². The van der Waals surface area contributed by atoms with Crippen LogP contribution < -0.4 is 10.6 Å². The van der Waals surface area contributed by atoms with E-state index in [1.165, 1.54) is 23.2 Å². The summed E-state index contributed by atoms with van der Waals surface area (Å²) in [6.07, 6.45) is 8.14. The van der Waals surface area contributed by atoms with Gasteiger partial charge in [0.2, 0.25) is 0 Å². The van der Waals surface area contributed by atoms with Crippen LogP contribution in [0.4, 0.5) is 5.82 Å². The van der Waals surface area contributed by atoms with Crippen molar-refractivity contribution in [2.24, 2.45) is 5.73 Å². The van der Waals surface area contributed by atoms with Gasteiger partial charge in [-0.2, -0.15) is 0 Å². The van der Waals surface area contributed by atoms with Crippen LogP contribution in [-0.4, -0.2) is 23.6 Å². The molecule has 2 heterocycles. The van der Waals surface area contributed by atoms with Gasteiger partial charge in [-0.1, -0.05) is 0 Å². The van der Waals surface area contributed by atoms with E-state index in [1.807, 2.05) is 12.4 Å². The minimum Gasteiger partial charge on any atom is -0.359 e. The maximum atomic E-state index is 5.91. The summed E-state index contributed by atoms with van der Waals surface area (Å²) in [5.74, 6) is 1.05. The highest BCUT2D eigenvalue weighted by Gasteiger charge is 2.17. The van der Waals surface area contributed by atoms with E-state index in [9.17, 15) is 0 Å². The van der Waals surface area contributed by atoms with Crippen molar-refractivity contribution in [3.63, 3.8) is 0 Å². The molecular weight excluding hydrogens is 260 g/mol. The minimum atomic E-state index is 0.551. The molecule has 0 atom stereocenters. The first kappa shape index (κ1) is 14.0. The van der Waals surface area contributed by atoms with Crippen molar-refractivity contribution >= 4 is 5.82 Å². The van der Waals surface area contributed by atoms with Gasteiger partial charge in [-0.05, 0) is 55.0 Å². The molecule has 0 amide bonds. The monoisotopic (exact) mass is 282 g/mol. The SMILES string of the molecule is CN(CCc1ccncc1)c1nc2c(cc1CN)CCC2. The Morgan fingerprint density at radius 3 is 2.81 bits per heavy atom. The predicted octanol–water partition coefficient (Wildman–Crippen LogP) is 2.10. The van der Waals surface area contributed by atoms with Crippen LogP contribution in [0.1, 0.15) is 28.8 Å². The fraction of sp³-hybridized carbons (Fsp3) is 0.412. The molecule has 0 unspecified atom stereocenters. The fourth-order valence-corrected chi connectivity index (χ4v) is 2.94. The summed E-state index contributed by atoms with van der Waals surface area (Å²) in [5.41, 5.74) is 11.0. The largest absolute Gasteiger partial charge is 0.359 e. The molecule has 0 bridgehead atoms. The Morgan fingerprint density at radius 1 is 1.24 bits per heavy atom. The number of likely N-dealkylation sites (N-methyl/N-ethyl adjacent to an activating group) is 1. The molecule has 0 aromatic carbocycles. The molecule has 4 nitrogen and oxygen atoms in total. The summed E-state index contributed by atoms with van der Waals surface area (Å²) in [7, 11) is 2.10. The molecule has 2 N–H and O–H groups in total. The molecule has 1 aliphatic carbocycles. The lowest BCUT2D eigenvalue weighted by Crippen LogP contribution is -2.24. The Kier molecular flexibility index (Phi) is 4.15. The van der Waals surface area contributed by atoms with Crippen LogP contribution in [0, 0.1) is 0 Å². The van der Waals surface area contributed by atoms with Crippen molar-refractivity contribution in [3.05, 3.63) is 53.0 Å². The maximum Gasteiger partial charge on any atom is 0.133 e. The molecular formula is C17H22N4. The van der Waals surface area contributed by atoms with Gasteiger partial charge in [0.15, 0.2) is 0 Å². The van der Waals surface area contributed by atoms with Crippen LogP contribution in [0.3, 0.4) is 0 Å². The summed E-state index contributed by atoms with van der Waals surface area (Å²) in [5, 5.41) is 0. The molecule has 0 radical (unpaired) electrons. The zero-order valence-corrected chi connectivity index (χ0v) is 12.5. The first-order valence-electron chi connectivity index (χ1n) is 7.59. The second kappa shape index (κ2) is 6.22. The van der Waals surface area contributed by atoms with Gasteiger partial charge in [0.1, 0.15) is 5.82 Å². The Hall–Kier alpha value is -1.94. The minimum absolute atomic E-state index is 0.551. The molecule has 3 rings (SSSR count). The summed E-state index contributed by atoms with van der Waals surface area (Å²) in [6, 6.07) is 6.38. The first-order chi connectivity index (χ1) is 10.3. The van der Waals surface area contributed by atoms with E-state index in [0.29, 0.717) is 6.54 Å². The Balaban J connectivity index is 1.76. The Bertz CT molecular complexity index is 610. The number of aromatic nitrogens is 2. The molecule has 0 saturated carbocycles. The van der Waals surface area contributed by atoms with Gasteiger partial charge in [0.25, 0.3) is 0 Å². The molecule has 110 valence electrons. The van der Waals surface area contributed by atoms with Crippen molar-refractivity contribution in [3.8, 4) is 0 Å². The van der Waals surface area contributed by atoms with Crippen LogP contribution in [0.15, 0.2) is 30.6 Å². The van der Waals surface area contributed by atoms with E-state index in [-0.39, 0.29) is 0 Å². The molecule has 2 aromatic rings. The second-order valence-corrected chi connectivity index (χ2v) is 5.66. The van der Waals surface area contributed by atoms with Crippen LogP contribution in [0.5, 0.6) is 0 Å². The van der Waals surface area contributed by atoms with Gasteiger partial charge in [-0.25, -0.2) is 4.98 Å². The van der Waals surface area contributed by atoms with Gasteiger partial charge < -0.3 is 10.6 Å². The number of fused-ring (bicyclic) bond motifs is 1. The van der Waals surface area contributed by atoms with Crippen LogP contribution in [0.2, 0.25) is 0 Å². The predicted molar refractivity (Wildman–Crippen MR) is 85.4 cm³/mol. The number of pyridine rings is 2. The lowest BCUT2D eigenvalue weighted by molar-refractivity contribution is 0.835. The number of hydrogen-bond acceptors (Lipinski definition) is 4. The van der Waals surface area contributed by atoms with Crippen molar-refractivity contribution < 1.29 is 0 Å². The average Bonchev–Trinajstić information content (AvgIpc) is 2.99. The highest BCUT2D eigenvalue weighted by Crippen LogP contribution is 2.26. The van der Waals surface area contributed by atoms with Crippen LogP contribution in [0.25, 0.3) is 0 Å². The second-order valence-electron chi connectivity index (χ2n) is 5.66. The molecule has 0 fully saturated rings. The number of nitrogens with zero attached hydrogens (tertiary/aromatic N) is 3. The summed E-state index contributed by atoms with van der Waals surface area (Å²) in [4.78, 5) is 11.1. The molecule has 0 spiro atoms. The standard InChI is InChI=1S/C17H22N4/c1-21(10-7-13-5-8-19-9-6-13)17-15(12-18)11-14-3-2-4-16(14)20-17/h5-6,8-9,11H,2-4,7,10,12,18H2,1H3. The molecule has 0 aliphatic heterocycles. The Morgan fingerprint density at radius 2 is 2.05 bits per heavy atom. The summed E-state index contributed by atoms with van der Waals surface area (Å²) >= 11 is 0. The van der Waals surface area contributed by atoms with Gasteiger partial charge in [0, 0.05) is 43.8 Å². The van der Waals surface area contributed by atoms with Crippen LogP contribution in [-0.2, 0) is 25.8 Å². The number of aryl methyl sites for hydroxylation is 2. The third kappa shape index (κ3) is 3.05. The maximum absolute atomic E-state index is 5.91. The zero-order valence-electron chi connectivity index (χ0n) is 12.5.